The summed E-state index contributed by atoms with van der Waals surface area (Å²) in [7, 11) is 0. The minimum absolute atomic E-state index is 0.262. The van der Waals surface area contributed by atoms with Gasteiger partial charge in [-0.1, -0.05) is 37.5 Å². The van der Waals surface area contributed by atoms with Crippen molar-refractivity contribution in [1.29, 1.82) is 0 Å². The maximum absolute atomic E-state index is 12.4. The molecule has 0 spiro atoms. The normalized spacial score (nSPS) is 22.5. The van der Waals surface area contributed by atoms with Crippen LogP contribution in [0.5, 0.6) is 0 Å². The molecule has 3 heteroatoms. The molecule has 2 aliphatic rings. The fourth-order valence-electron chi connectivity index (χ4n) is 4.19. The lowest BCUT2D eigenvalue weighted by Crippen LogP contribution is -2.42. The van der Waals surface area contributed by atoms with Crippen LogP contribution in [0.25, 0.3) is 10.9 Å². The topological polar surface area (TPSA) is 44.9 Å². The summed E-state index contributed by atoms with van der Waals surface area (Å²) in [6, 6.07) is 8.82. The van der Waals surface area contributed by atoms with E-state index in [1.54, 1.807) is 0 Å². The number of fused-ring (bicyclic) bond motifs is 3. The van der Waals surface area contributed by atoms with Gasteiger partial charge in [0.15, 0.2) is 0 Å². The number of para-hydroxylation sites is 1. The third-order valence-corrected chi connectivity index (χ3v) is 5.42. The molecular weight excluding hydrogens is 272 g/mol. The summed E-state index contributed by atoms with van der Waals surface area (Å²) in [6.07, 6.45) is 8.96. The monoisotopic (exact) mass is 296 g/mol. The number of amides is 1. The minimum Gasteiger partial charge on any atom is -0.358 e. The van der Waals surface area contributed by atoms with Crippen molar-refractivity contribution in [2.45, 2.75) is 57.4 Å². The number of aryl methyl sites for hydroxylation is 1. The molecule has 1 fully saturated rings. The van der Waals surface area contributed by atoms with E-state index in [1.807, 2.05) is 0 Å². The number of rotatable bonds is 2. The van der Waals surface area contributed by atoms with Crippen LogP contribution in [0.4, 0.5) is 0 Å². The third kappa shape index (κ3) is 2.53. The van der Waals surface area contributed by atoms with E-state index in [4.69, 9.17) is 0 Å². The highest BCUT2D eigenvalue weighted by Gasteiger charge is 2.27. The lowest BCUT2D eigenvalue weighted by molar-refractivity contribution is -0.126. The maximum Gasteiger partial charge on any atom is 0.223 e. The van der Waals surface area contributed by atoms with E-state index in [0.717, 1.165) is 32.1 Å². The van der Waals surface area contributed by atoms with E-state index in [2.05, 4.69) is 34.6 Å². The highest BCUT2D eigenvalue weighted by atomic mass is 16.1. The Morgan fingerprint density at radius 3 is 2.77 bits per heavy atom. The summed E-state index contributed by atoms with van der Waals surface area (Å²) in [6.45, 7) is 0. The second-order valence-electron chi connectivity index (χ2n) is 6.91. The van der Waals surface area contributed by atoms with Crippen molar-refractivity contribution >= 4 is 16.8 Å². The van der Waals surface area contributed by atoms with Crippen molar-refractivity contribution in [3.63, 3.8) is 0 Å². The Morgan fingerprint density at radius 1 is 1.09 bits per heavy atom. The second kappa shape index (κ2) is 5.79. The van der Waals surface area contributed by atoms with E-state index in [-0.39, 0.29) is 5.92 Å². The van der Waals surface area contributed by atoms with E-state index in [0.29, 0.717) is 11.9 Å². The molecule has 1 unspecified atom stereocenters. The first-order valence-electron chi connectivity index (χ1n) is 8.70. The van der Waals surface area contributed by atoms with Crippen LogP contribution in [0, 0.1) is 5.92 Å². The van der Waals surface area contributed by atoms with Crippen molar-refractivity contribution in [2.24, 2.45) is 5.92 Å². The predicted octanol–water partition coefficient (Wildman–Crippen LogP) is 3.72. The molecule has 0 bridgehead atoms. The standard InChI is InChI=1S/C19H24N2O/c22-19(13-6-2-1-3-7-13)20-14-10-11-16-15-8-4-5-9-17(15)21-18(16)12-14/h4-5,8-9,13-14,21H,1-3,6-7,10-12H2,(H,20,22). The fourth-order valence-corrected chi connectivity index (χ4v) is 4.19. The van der Waals surface area contributed by atoms with Gasteiger partial charge in [0.25, 0.3) is 0 Å². The van der Waals surface area contributed by atoms with Gasteiger partial charge in [0.1, 0.15) is 0 Å². The molecule has 3 nitrogen and oxygen atoms in total. The van der Waals surface area contributed by atoms with Crippen LogP contribution >= 0.6 is 0 Å². The summed E-state index contributed by atoms with van der Waals surface area (Å²) < 4.78 is 0. The molecule has 0 aliphatic heterocycles. The Labute approximate surface area is 131 Å². The largest absolute Gasteiger partial charge is 0.358 e. The zero-order valence-corrected chi connectivity index (χ0v) is 13.0. The van der Waals surface area contributed by atoms with Crippen LogP contribution in [0.15, 0.2) is 24.3 Å². The molecule has 2 aliphatic carbocycles. The molecule has 1 heterocycles. The first-order chi connectivity index (χ1) is 10.8. The lowest BCUT2D eigenvalue weighted by atomic mass is 9.87. The van der Waals surface area contributed by atoms with Gasteiger partial charge < -0.3 is 10.3 Å². The lowest BCUT2D eigenvalue weighted by Gasteiger charge is -2.27. The van der Waals surface area contributed by atoms with Gasteiger partial charge in [0.05, 0.1) is 0 Å². The number of aromatic nitrogens is 1. The quantitative estimate of drug-likeness (QED) is 0.871. The average molecular weight is 296 g/mol. The van der Waals surface area contributed by atoms with E-state index >= 15 is 0 Å². The molecule has 2 aromatic rings. The van der Waals surface area contributed by atoms with Crippen molar-refractivity contribution in [1.82, 2.24) is 10.3 Å². The van der Waals surface area contributed by atoms with Gasteiger partial charge in [0, 0.05) is 35.0 Å². The molecule has 1 amide bonds. The Balaban J connectivity index is 1.46. The molecule has 1 aromatic heterocycles. The smallest absolute Gasteiger partial charge is 0.223 e. The Hall–Kier alpha value is -1.77. The molecule has 4 rings (SSSR count). The number of H-pyrrole nitrogens is 1. The van der Waals surface area contributed by atoms with Gasteiger partial charge in [-0.05, 0) is 37.3 Å². The molecule has 1 saturated carbocycles. The zero-order chi connectivity index (χ0) is 14.9. The van der Waals surface area contributed by atoms with Crippen LogP contribution < -0.4 is 5.32 Å². The molecule has 0 radical (unpaired) electrons. The van der Waals surface area contributed by atoms with Crippen LogP contribution in [0.2, 0.25) is 0 Å². The van der Waals surface area contributed by atoms with E-state index < -0.39 is 0 Å². The fraction of sp³-hybridized carbons (Fsp3) is 0.526. The van der Waals surface area contributed by atoms with Gasteiger partial charge in [0.2, 0.25) is 5.91 Å². The van der Waals surface area contributed by atoms with Gasteiger partial charge in [-0.2, -0.15) is 0 Å². The summed E-state index contributed by atoms with van der Waals surface area (Å²) in [5, 5.41) is 4.67. The number of carbonyl (C=O) groups excluding carboxylic acids is 1. The van der Waals surface area contributed by atoms with Crippen LogP contribution in [-0.2, 0) is 17.6 Å². The van der Waals surface area contributed by atoms with Gasteiger partial charge in [-0.15, -0.1) is 0 Å². The summed E-state index contributed by atoms with van der Waals surface area (Å²) in [5.74, 6) is 0.558. The highest BCUT2D eigenvalue weighted by Crippen LogP contribution is 2.30. The van der Waals surface area contributed by atoms with Crippen molar-refractivity contribution in [3.8, 4) is 0 Å². The van der Waals surface area contributed by atoms with Crippen LogP contribution in [0.3, 0.4) is 0 Å². The molecular formula is C19H24N2O. The number of benzene rings is 1. The summed E-state index contributed by atoms with van der Waals surface area (Å²) in [5.41, 5.74) is 4.01. The second-order valence-corrected chi connectivity index (χ2v) is 6.91. The van der Waals surface area contributed by atoms with Crippen LogP contribution in [-0.4, -0.2) is 16.9 Å². The van der Waals surface area contributed by atoms with Crippen LogP contribution in [0.1, 0.15) is 49.8 Å². The Bertz CT molecular complexity index is 682. The maximum atomic E-state index is 12.4. The third-order valence-electron chi connectivity index (χ3n) is 5.42. The molecule has 116 valence electrons. The summed E-state index contributed by atoms with van der Waals surface area (Å²) >= 11 is 0. The van der Waals surface area contributed by atoms with Crippen molar-refractivity contribution in [3.05, 3.63) is 35.5 Å². The SMILES string of the molecule is O=C(NC1CCc2c([nH]c3ccccc23)C1)C1CCCCC1. The number of nitrogens with one attached hydrogen (secondary N) is 2. The molecule has 1 aromatic carbocycles. The Kier molecular flexibility index (Phi) is 3.65. The minimum atomic E-state index is 0.262. The van der Waals surface area contributed by atoms with Gasteiger partial charge >= 0.3 is 0 Å². The first kappa shape index (κ1) is 13.9. The van der Waals surface area contributed by atoms with Gasteiger partial charge in [-0.3, -0.25) is 4.79 Å². The molecule has 22 heavy (non-hydrogen) atoms. The average Bonchev–Trinajstić information content (AvgIpc) is 2.93. The van der Waals surface area contributed by atoms with E-state index in [9.17, 15) is 4.79 Å². The first-order valence-corrected chi connectivity index (χ1v) is 8.70. The molecule has 1 atom stereocenters. The van der Waals surface area contributed by atoms with Gasteiger partial charge in [-0.25, -0.2) is 0 Å². The number of aromatic amines is 1. The highest BCUT2D eigenvalue weighted by molar-refractivity contribution is 5.85. The van der Waals surface area contributed by atoms with E-state index in [1.165, 1.54) is 41.4 Å². The van der Waals surface area contributed by atoms with Crippen molar-refractivity contribution < 1.29 is 4.79 Å². The summed E-state index contributed by atoms with van der Waals surface area (Å²) in [4.78, 5) is 16.0. The predicted molar refractivity (Wildman–Crippen MR) is 88.8 cm³/mol. The number of carbonyl (C=O) groups is 1. The number of hydrogen-bond acceptors (Lipinski definition) is 1. The Morgan fingerprint density at radius 2 is 1.91 bits per heavy atom. The number of hydrogen-bond donors (Lipinski definition) is 2. The van der Waals surface area contributed by atoms with Crippen molar-refractivity contribution in [2.75, 3.05) is 0 Å². The molecule has 0 saturated heterocycles. The molecule has 2 N–H and O–H groups in total. The zero-order valence-electron chi connectivity index (χ0n) is 13.0.